The molecule has 0 bridgehead atoms. The summed E-state index contributed by atoms with van der Waals surface area (Å²) in [5.41, 5.74) is 1.25. The first-order valence-electron chi connectivity index (χ1n) is 5.91. The molecule has 16 heavy (non-hydrogen) atoms. The Bertz CT molecular complexity index is 337. The molecule has 0 saturated carbocycles. The van der Waals surface area contributed by atoms with Crippen LogP contribution in [0.5, 0.6) is 0 Å². The van der Waals surface area contributed by atoms with Crippen molar-refractivity contribution in [1.29, 1.82) is 0 Å². The van der Waals surface area contributed by atoms with E-state index in [1.54, 1.807) is 0 Å². The Morgan fingerprint density at radius 2 is 1.62 bits per heavy atom. The van der Waals surface area contributed by atoms with Gasteiger partial charge in [0.2, 0.25) is 0 Å². The summed E-state index contributed by atoms with van der Waals surface area (Å²) in [4.78, 5) is 0. The van der Waals surface area contributed by atoms with E-state index in [2.05, 4.69) is 26.0 Å². The van der Waals surface area contributed by atoms with E-state index in [1.165, 1.54) is 0 Å². The fourth-order valence-corrected chi connectivity index (χ4v) is 1.82. The Balaban J connectivity index is 2.13. The fourth-order valence-electron chi connectivity index (χ4n) is 1.82. The van der Waals surface area contributed by atoms with Crippen LogP contribution in [0.15, 0.2) is 30.3 Å². The van der Waals surface area contributed by atoms with Crippen LogP contribution in [0, 0.1) is 5.41 Å². The summed E-state index contributed by atoms with van der Waals surface area (Å²) in [6, 6.07) is 10.1. The van der Waals surface area contributed by atoms with Crippen LogP contribution in [0.1, 0.15) is 32.8 Å². The molecule has 0 unspecified atom stereocenters. The SMILES string of the molecule is CCC1(C)COC(C)(c2ccccc2)OC1. The molecular formula is C14H20O2. The molecule has 0 N–H and O–H groups in total. The molecule has 1 heterocycles. The van der Waals surface area contributed by atoms with E-state index in [0.29, 0.717) is 0 Å². The molecule has 1 fully saturated rings. The van der Waals surface area contributed by atoms with Gasteiger partial charge in [-0.15, -0.1) is 0 Å². The van der Waals surface area contributed by atoms with Crippen LogP contribution in [0.3, 0.4) is 0 Å². The normalized spacial score (nSPS) is 34.9. The molecule has 2 nitrogen and oxygen atoms in total. The van der Waals surface area contributed by atoms with Crippen molar-refractivity contribution in [3.05, 3.63) is 35.9 Å². The minimum Gasteiger partial charge on any atom is -0.345 e. The van der Waals surface area contributed by atoms with Gasteiger partial charge in [-0.25, -0.2) is 0 Å². The Hall–Kier alpha value is -0.860. The lowest BCUT2D eigenvalue weighted by molar-refractivity contribution is -0.301. The number of rotatable bonds is 2. The standard InChI is InChI=1S/C14H20O2/c1-4-13(2)10-15-14(3,16-11-13)12-8-6-5-7-9-12/h5-9H,4,10-11H2,1-3H3. The van der Waals surface area contributed by atoms with E-state index in [0.717, 1.165) is 25.2 Å². The lowest BCUT2D eigenvalue weighted by atomic mass is 9.88. The maximum Gasteiger partial charge on any atom is 0.191 e. The monoisotopic (exact) mass is 220 g/mol. The third-order valence-corrected chi connectivity index (χ3v) is 3.54. The Morgan fingerprint density at radius 3 is 2.12 bits per heavy atom. The zero-order chi connectivity index (χ0) is 11.6. The van der Waals surface area contributed by atoms with E-state index in [4.69, 9.17) is 9.47 Å². The third-order valence-electron chi connectivity index (χ3n) is 3.54. The molecule has 88 valence electrons. The van der Waals surface area contributed by atoms with Gasteiger partial charge in [0.1, 0.15) is 0 Å². The van der Waals surface area contributed by atoms with Gasteiger partial charge in [-0.2, -0.15) is 0 Å². The Kier molecular flexibility index (Phi) is 3.04. The zero-order valence-electron chi connectivity index (χ0n) is 10.3. The first kappa shape index (κ1) is 11.6. The third kappa shape index (κ3) is 2.13. The van der Waals surface area contributed by atoms with E-state index in [-0.39, 0.29) is 5.41 Å². The minimum atomic E-state index is -0.573. The first-order chi connectivity index (χ1) is 7.58. The van der Waals surface area contributed by atoms with Gasteiger partial charge in [0, 0.05) is 11.0 Å². The molecule has 1 saturated heterocycles. The molecular weight excluding hydrogens is 200 g/mol. The van der Waals surface area contributed by atoms with Crippen molar-refractivity contribution in [2.75, 3.05) is 13.2 Å². The molecule has 0 atom stereocenters. The topological polar surface area (TPSA) is 18.5 Å². The van der Waals surface area contributed by atoms with Crippen molar-refractivity contribution >= 4 is 0 Å². The molecule has 0 spiro atoms. The second-order valence-corrected chi connectivity index (χ2v) is 5.05. The average molecular weight is 220 g/mol. The van der Waals surface area contributed by atoms with Gasteiger partial charge in [-0.05, 0) is 13.3 Å². The van der Waals surface area contributed by atoms with Gasteiger partial charge in [0.05, 0.1) is 13.2 Å². The summed E-state index contributed by atoms with van der Waals surface area (Å²) in [6.07, 6.45) is 1.08. The Labute approximate surface area is 97.6 Å². The zero-order valence-corrected chi connectivity index (χ0v) is 10.3. The molecule has 0 amide bonds. The van der Waals surface area contributed by atoms with E-state index >= 15 is 0 Å². The van der Waals surface area contributed by atoms with E-state index in [9.17, 15) is 0 Å². The van der Waals surface area contributed by atoms with Gasteiger partial charge >= 0.3 is 0 Å². The number of ether oxygens (including phenoxy) is 2. The van der Waals surface area contributed by atoms with Crippen LogP contribution >= 0.6 is 0 Å². The number of benzene rings is 1. The van der Waals surface area contributed by atoms with Crippen molar-refractivity contribution in [3.63, 3.8) is 0 Å². The van der Waals surface area contributed by atoms with Crippen molar-refractivity contribution in [2.45, 2.75) is 33.0 Å². The summed E-state index contributed by atoms with van der Waals surface area (Å²) in [5, 5.41) is 0. The molecule has 2 rings (SSSR count). The highest BCUT2D eigenvalue weighted by Crippen LogP contribution is 2.37. The van der Waals surface area contributed by atoms with Crippen LogP contribution in [0.2, 0.25) is 0 Å². The second kappa shape index (κ2) is 4.19. The van der Waals surface area contributed by atoms with Crippen LogP contribution in [-0.4, -0.2) is 13.2 Å². The van der Waals surface area contributed by atoms with Gasteiger partial charge in [-0.3, -0.25) is 0 Å². The van der Waals surface area contributed by atoms with Gasteiger partial charge in [0.25, 0.3) is 0 Å². The summed E-state index contributed by atoms with van der Waals surface area (Å²) in [7, 11) is 0. The summed E-state index contributed by atoms with van der Waals surface area (Å²) in [6.45, 7) is 7.90. The molecule has 0 aromatic heterocycles. The number of hydrogen-bond donors (Lipinski definition) is 0. The van der Waals surface area contributed by atoms with Gasteiger partial charge < -0.3 is 9.47 Å². The maximum atomic E-state index is 5.94. The lowest BCUT2D eigenvalue weighted by Crippen LogP contribution is -2.44. The lowest BCUT2D eigenvalue weighted by Gasteiger charge is -2.43. The van der Waals surface area contributed by atoms with Crippen molar-refractivity contribution < 1.29 is 9.47 Å². The molecule has 0 aliphatic carbocycles. The molecule has 1 aromatic carbocycles. The predicted octanol–water partition coefficient (Wildman–Crippen LogP) is 3.32. The number of hydrogen-bond acceptors (Lipinski definition) is 2. The molecule has 1 aromatic rings. The predicted molar refractivity (Wildman–Crippen MR) is 64.1 cm³/mol. The summed E-state index contributed by atoms with van der Waals surface area (Å²) >= 11 is 0. The van der Waals surface area contributed by atoms with Crippen LogP contribution in [0.4, 0.5) is 0 Å². The molecule has 1 aliphatic heterocycles. The molecule has 2 heteroatoms. The van der Waals surface area contributed by atoms with Gasteiger partial charge in [-0.1, -0.05) is 44.2 Å². The van der Waals surface area contributed by atoms with Crippen LogP contribution in [0.25, 0.3) is 0 Å². The first-order valence-corrected chi connectivity index (χ1v) is 5.91. The highest BCUT2D eigenvalue weighted by Gasteiger charge is 2.39. The molecule has 0 radical (unpaired) electrons. The van der Waals surface area contributed by atoms with Crippen LogP contribution in [-0.2, 0) is 15.3 Å². The smallest absolute Gasteiger partial charge is 0.191 e. The summed E-state index contributed by atoms with van der Waals surface area (Å²) < 4.78 is 11.9. The highest BCUT2D eigenvalue weighted by atomic mass is 16.7. The van der Waals surface area contributed by atoms with Gasteiger partial charge in [0.15, 0.2) is 5.79 Å². The highest BCUT2D eigenvalue weighted by molar-refractivity contribution is 5.20. The van der Waals surface area contributed by atoms with Crippen LogP contribution < -0.4 is 0 Å². The summed E-state index contributed by atoms with van der Waals surface area (Å²) in [5.74, 6) is -0.573. The maximum absolute atomic E-state index is 5.94. The Morgan fingerprint density at radius 1 is 1.06 bits per heavy atom. The average Bonchev–Trinajstić information content (AvgIpc) is 2.35. The molecule has 1 aliphatic rings. The minimum absolute atomic E-state index is 0.161. The van der Waals surface area contributed by atoms with Crippen molar-refractivity contribution in [1.82, 2.24) is 0 Å². The van der Waals surface area contributed by atoms with Crippen molar-refractivity contribution in [3.8, 4) is 0 Å². The largest absolute Gasteiger partial charge is 0.345 e. The van der Waals surface area contributed by atoms with Crippen molar-refractivity contribution in [2.24, 2.45) is 5.41 Å². The quantitative estimate of drug-likeness (QED) is 0.761. The second-order valence-electron chi connectivity index (χ2n) is 5.05. The fraction of sp³-hybridized carbons (Fsp3) is 0.571. The van der Waals surface area contributed by atoms with E-state index < -0.39 is 5.79 Å². The van der Waals surface area contributed by atoms with E-state index in [1.807, 2.05) is 25.1 Å².